The van der Waals surface area contributed by atoms with Crippen LogP contribution in [0.1, 0.15) is 11.1 Å². The number of tetrazole rings is 1. The molecule has 194 valence electrons. The van der Waals surface area contributed by atoms with Gasteiger partial charge in [0.05, 0.1) is 22.5 Å². The second-order valence-corrected chi connectivity index (χ2v) is 11.8. The van der Waals surface area contributed by atoms with Gasteiger partial charge in [0.25, 0.3) is 0 Å². The van der Waals surface area contributed by atoms with Gasteiger partial charge in [-0.2, -0.15) is 0 Å². The minimum atomic E-state index is -0.210. The van der Waals surface area contributed by atoms with Gasteiger partial charge in [0, 0.05) is 16.8 Å². The van der Waals surface area contributed by atoms with Crippen LogP contribution in [0.3, 0.4) is 0 Å². The first kappa shape index (κ1) is 25.5. The summed E-state index contributed by atoms with van der Waals surface area (Å²) in [6.07, 6.45) is 0. The van der Waals surface area contributed by atoms with Crippen LogP contribution in [0.25, 0.3) is 21.0 Å². The first-order valence-electron chi connectivity index (χ1n) is 12.0. The number of fused-ring (bicyclic) bond motifs is 2. The Hall–Kier alpha value is -3.80. The van der Waals surface area contributed by atoms with E-state index in [1.54, 1.807) is 33.8 Å². The molecule has 0 radical (unpaired) electrons. The van der Waals surface area contributed by atoms with Crippen molar-refractivity contribution in [3.05, 3.63) is 102 Å². The van der Waals surface area contributed by atoms with Crippen LogP contribution in [-0.4, -0.2) is 36.9 Å². The maximum atomic E-state index is 14.2. The molecule has 0 spiro atoms. The number of amides is 1. The summed E-state index contributed by atoms with van der Waals surface area (Å²) in [7, 11) is 0. The molecule has 7 nitrogen and oxygen atoms in total. The summed E-state index contributed by atoms with van der Waals surface area (Å²) in [5.74, 6) is 0.516. The van der Waals surface area contributed by atoms with Gasteiger partial charge in [0.1, 0.15) is 5.82 Å². The second-order valence-electron chi connectivity index (χ2n) is 8.64. The van der Waals surface area contributed by atoms with Crippen molar-refractivity contribution in [1.82, 2.24) is 25.2 Å². The van der Waals surface area contributed by atoms with E-state index in [9.17, 15) is 9.18 Å². The summed E-state index contributed by atoms with van der Waals surface area (Å²) >= 11 is 4.49. The van der Waals surface area contributed by atoms with E-state index in [4.69, 9.17) is 4.98 Å². The van der Waals surface area contributed by atoms with Gasteiger partial charge in [0.2, 0.25) is 11.1 Å². The number of carbonyl (C=O) groups excluding carboxylic acids is 1. The van der Waals surface area contributed by atoms with Gasteiger partial charge >= 0.3 is 0 Å². The molecule has 0 saturated carbocycles. The van der Waals surface area contributed by atoms with Crippen molar-refractivity contribution in [2.75, 3.05) is 11.1 Å². The van der Waals surface area contributed by atoms with Crippen LogP contribution in [0.15, 0.2) is 94.4 Å². The highest BCUT2D eigenvalue weighted by atomic mass is 32.2. The van der Waals surface area contributed by atoms with Gasteiger partial charge in [0.15, 0.2) is 4.34 Å². The molecular weight excluding hydrogens is 552 g/mol. The lowest BCUT2D eigenvalue weighted by molar-refractivity contribution is -0.113. The Bertz CT molecular complexity index is 1770. The molecule has 2 aromatic heterocycles. The number of anilines is 1. The second kappa shape index (κ2) is 11.5. The van der Waals surface area contributed by atoms with E-state index in [1.165, 1.54) is 17.8 Å². The molecule has 4 aromatic carbocycles. The zero-order valence-corrected chi connectivity index (χ0v) is 22.9. The molecule has 0 saturated heterocycles. The Morgan fingerprint density at radius 1 is 0.949 bits per heavy atom. The van der Waals surface area contributed by atoms with Crippen molar-refractivity contribution in [3.63, 3.8) is 0 Å². The predicted molar refractivity (Wildman–Crippen MR) is 156 cm³/mol. The Morgan fingerprint density at radius 2 is 1.77 bits per heavy atom. The van der Waals surface area contributed by atoms with Gasteiger partial charge in [-0.15, -0.1) is 16.4 Å². The molecular formula is C28H21FN6OS3. The molecule has 0 bridgehead atoms. The first-order valence-corrected chi connectivity index (χ1v) is 14.8. The maximum Gasteiger partial charge on any atom is 0.234 e. The Labute approximate surface area is 235 Å². The van der Waals surface area contributed by atoms with Crippen LogP contribution in [0.2, 0.25) is 0 Å². The molecule has 6 rings (SSSR count). The molecule has 1 N–H and O–H groups in total. The van der Waals surface area contributed by atoms with Crippen LogP contribution in [0.4, 0.5) is 10.1 Å². The van der Waals surface area contributed by atoms with Crippen molar-refractivity contribution in [2.45, 2.75) is 21.8 Å². The van der Waals surface area contributed by atoms with E-state index in [0.717, 1.165) is 31.1 Å². The highest BCUT2D eigenvalue weighted by Gasteiger charge is 2.13. The molecule has 0 aliphatic carbocycles. The lowest BCUT2D eigenvalue weighted by atomic mass is 10.1. The Morgan fingerprint density at radius 3 is 2.64 bits per heavy atom. The monoisotopic (exact) mass is 572 g/mol. The lowest BCUT2D eigenvalue weighted by Gasteiger charge is -2.06. The molecule has 6 aromatic rings. The topological polar surface area (TPSA) is 85.6 Å². The Balaban J connectivity index is 1.07. The molecule has 1 amide bonds. The summed E-state index contributed by atoms with van der Waals surface area (Å²) in [6, 6.07) is 26.5. The van der Waals surface area contributed by atoms with Gasteiger partial charge in [-0.25, -0.2) is 14.1 Å². The summed E-state index contributed by atoms with van der Waals surface area (Å²) < 4.78 is 17.7. The van der Waals surface area contributed by atoms with E-state index in [-0.39, 0.29) is 17.5 Å². The molecule has 0 aliphatic rings. The standard InChI is InChI=1S/C28H21FN6OS3/c29-23-12-10-19(21-8-4-5-9-22(21)23)16-38-28-31-24-13-11-20(14-25(24)39-28)30-26(36)17-37-27-32-33-34-35(27)15-18-6-2-1-3-7-18/h1-14H,15-17H2,(H,30,36). The number of hydrogen-bond acceptors (Lipinski definition) is 8. The van der Waals surface area contributed by atoms with Crippen LogP contribution in [-0.2, 0) is 17.1 Å². The van der Waals surface area contributed by atoms with Gasteiger partial charge in [-0.3, -0.25) is 4.79 Å². The number of carbonyl (C=O) groups is 1. The third-order valence-corrected chi connectivity index (χ3v) is 9.14. The molecule has 11 heteroatoms. The van der Waals surface area contributed by atoms with Crippen molar-refractivity contribution >= 4 is 67.4 Å². The van der Waals surface area contributed by atoms with Crippen LogP contribution >= 0.6 is 34.9 Å². The number of hydrogen-bond donors (Lipinski definition) is 1. The fourth-order valence-electron chi connectivity index (χ4n) is 4.12. The fourth-order valence-corrected chi connectivity index (χ4v) is 6.90. The zero-order valence-electron chi connectivity index (χ0n) is 20.5. The quantitative estimate of drug-likeness (QED) is 0.194. The lowest BCUT2D eigenvalue weighted by Crippen LogP contribution is -2.14. The number of halogens is 1. The van der Waals surface area contributed by atoms with Crippen LogP contribution < -0.4 is 5.32 Å². The largest absolute Gasteiger partial charge is 0.325 e. The summed E-state index contributed by atoms with van der Waals surface area (Å²) in [4.78, 5) is 17.4. The van der Waals surface area contributed by atoms with Crippen molar-refractivity contribution < 1.29 is 9.18 Å². The fraction of sp³-hybridized carbons (Fsp3) is 0.107. The smallest absolute Gasteiger partial charge is 0.234 e. The third-order valence-electron chi connectivity index (χ3n) is 5.97. The molecule has 0 aliphatic heterocycles. The summed E-state index contributed by atoms with van der Waals surface area (Å²) in [5.41, 5.74) is 3.73. The maximum absolute atomic E-state index is 14.2. The van der Waals surface area contributed by atoms with Crippen molar-refractivity contribution in [1.29, 1.82) is 0 Å². The highest BCUT2D eigenvalue weighted by Crippen LogP contribution is 2.34. The Kier molecular flexibility index (Phi) is 7.53. The van der Waals surface area contributed by atoms with Crippen LogP contribution in [0.5, 0.6) is 0 Å². The van der Waals surface area contributed by atoms with Gasteiger partial charge < -0.3 is 5.32 Å². The van der Waals surface area contributed by atoms with Gasteiger partial charge in [-0.1, -0.05) is 84.2 Å². The van der Waals surface area contributed by atoms with Crippen molar-refractivity contribution in [2.24, 2.45) is 0 Å². The minimum absolute atomic E-state index is 0.143. The molecule has 0 atom stereocenters. The highest BCUT2D eigenvalue weighted by molar-refractivity contribution is 8.00. The van der Waals surface area contributed by atoms with E-state index >= 15 is 0 Å². The average molecular weight is 573 g/mol. The number of nitrogens with one attached hydrogen (secondary N) is 1. The predicted octanol–water partition coefficient (Wildman–Crippen LogP) is 6.65. The van der Waals surface area contributed by atoms with E-state index in [0.29, 0.717) is 28.5 Å². The minimum Gasteiger partial charge on any atom is -0.325 e. The van der Waals surface area contributed by atoms with E-state index < -0.39 is 0 Å². The summed E-state index contributed by atoms with van der Waals surface area (Å²) in [5, 5.41) is 16.9. The van der Waals surface area contributed by atoms with Gasteiger partial charge in [-0.05, 0) is 51.2 Å². The number of thioether (sulfide) groups is 2. The number of benzene rings is 4. The molecule has 39 heavy (non-hydrogen) atoms. The third kappa shape index (κ3) is 5.95. The number of nitrogens with zero attached hydrogens (tertiary/aromatic N) is 5. The van der Waals surface area contributed by atoms with Crippen molar-refractivity contribution in [3.8, 4) is 0 Å². The SMILES string of the molecule is O=C(CSc1nnnn1Cc1ccccc1)Nc1ccc2nc(SCc3ccc(F)c4ccccc34)sc2c1. The molecule has 0 fully saturated rings. The normalized spacial score (nSPS) is 11.3. The van der Waals surface area contributed by atoms with E-state index in [2.05, 4.69) is 20.8 Å². The number of aromatic nitrogens is 5. The zero-order chi connectivity index (χ0) is 26.6. The molecule has 2 heterocycles. The summed E-state index contributed by atoms with van der Waals surface area (Å²) in [6.45, 7) is 0.539. The number of thiazole rings is 1. The molecule has 0 unspecified atom stereocenters. The average Bonchev–Trinajstić information content (AvgIpc) is 3.58. The number of rotatable bonds is 9. The van der Waals surface area contributed by atoms with E-state index in [1.807, 2.05) is 72.8 Å². The van der Waals surface area contributed by atoms with Crippen LogP contribution in [0, 0.1) is 5.82 Å². The first-order chi connectivity index (χ1) is 19.1.